The highest BCUT2D eigenvalue weighted by Crippen LogP contribution is 2.39. The van der Waals surface area contributed by atoms with Gasteiger partial charge in [0.2, 0.25) is 0 Å². The first-order chi connectivity index (χ1) is 10.7. The molecule has 1 aromatic carbocycles. The van der Waals surface area contributed by atoms with Gasteiger partial charge in [0.1, 0.15) is 0 Å². The van der Waals surface area contributed by atoms with Gasteiger partial charge in [-0.2, -0.15) is 0 Å². The highest BCUT2D eigenvalue weighted by Gasteiger charge is 2.31. The van der Waals surface area contributed by atoms with Crippen LogP contribution in [-0.4, -0.2) is 5.78 Å². The molecule has 90 valence electrons. The predicted molar refractivity (Wildman–Crippen MR) is 71.8 cm³/mol. The fourth-order valence-electron chi connectivity index (χ4n) is 1.86. The normalized spacial score (nSPS) is 32.4. The van der Waals surface area contributed by atoms with Gasteiger partial charge >= 0.3 is 0 Å². The molecule has 0 radical (unpaired) electrons. The summed E-state index contributed by atoms with van der Waals surface area (Å²) >= 11 is 0. The Morgan fingerprint density at radius 1 is 1.24 bits per heavy atom. The molecule has 0 spiro atoms. The molecule has 0 bridgehead atoms. The van der Waals surface area contributed by atoms with Crippen LogP contribution in [0.1, 0.15) is 54.2 Å². The molecule has 1 aliphatic carbocycles. The van der Waals surface area contributed by atoms with E-state index >= 15 is 0 Å². The van der Waals surface area contributed by atoms with Gasteiger partial charge < -0.3 is 0 Å². The molecule has 0 saturated carbocycles. The van der Waals surface area contributed by atoms with Gasteiger partial charge in [0.05, 0.1) is 0 Å². The van der Waals surface area contributed by atoms with Crippen LogP contribution in [-0.2, 0) is 4.79 Å². The maximum atomic E-state index is 12.8. The van der Waals surface area contributed by atoms with Gasteiger partial charge in [-0.25, -0.2) is 0 Å². The van der Waals surface area contributed by atoms with E-state index in [0.29, 0.717) is 0 Å². The van der Waals surface area contributed by atoms with Crippen molar-refractivity contribution in [2.24, 2.45) is 5.41 Å². The van der Waals surface area contributed by atoms with Gasteiger partial charge in [-0.05, 0) is 31.1 Å². The van der Waals surface area contributed by atoms with Gasteiger partial charge in [0.15, 0.2) is 5.78 Å². The van der Waals surface area contributed by atoms with E-state index < -0.39 is 36.4 Å². The number of Topliss-reactive ketones (excluding diaryl/α,β-unsaturated/α-hetero) is 1. The summed E-state index contributed by atoms with van der Waals surface area (Å²) in [4.78, 5) is 12.8. The van der Waals surface area contributed by atoms with Crippen molar-refractivity contribution in [1.82, 2.24) is 0 Å². The van der Waals surface area contributed by atoms with Crippen molar-refractivity contribution >= 4 is 11.4 Å². The Morgan fingerprint density at radius 2 is 1.88 bits per heavy atom. The van der Waals surface area contributed by atoms with Crippen molar-refractivity contribution in [2.45, 2.75) is 40.4 Å². The second-order valence-electron chi connectivity index (χ2n) is 4.82. The van der Waals surface area contributed by atoms with Crippen LogP contribution in [0.4, 0.5) is 0 Å². The fraction of sp³-hybridized carbons (Fsp3) is 0.438. The lowest BCUT2D eigenvalue weighted by Crippen LogP contribution is -2.24. The molecule has 1 nitrogen and oxygen atoms in total. The Balaban J connectivity index is 2.94. The summed E-state index contributed by atoms with van der Waals surface area (Å²) in [5.41, 5.74) is -1.70. The lowest BCUT2D eigenvalue weighted by atomic mass is 9.72. The minimum Gasteiger partial charge on any atom is -0.294 e. The van der Waals surface area contributed by atoms with Crippen molar-refractivity contribution in [2.75, 3.05) is 0 Å². The van der Waals surface area contributed by atoms with Crippen LogP contribution in [0, 0.1) is 12.3 Å². The monoisotopic (exact) mass is 235 g/mol. The zero-order valence-corrected chi connectivity index (χ0v) is 10.2. The summed E-state index contributed by atoms with van der Waals surface area (Å²) in [6.07, 6.45) is -5.05. The van der Waals surface area contributed by atoms with Gasteiger partial charge in [0, 0.05) is 21.5 Å². The van der Waals surface area contributed by atoms with E-state index in [4.69, 9.17) is 9.60 Å². The molecule has 0 unspecified atom stereocenters. The largest absolute Gasteiger partial charge is 0.294 e. The van der Waals surface area contributed by atoms with Crippen LogP contribution < -0.4 is 0 Å². The number of carbonyl (C=O) groups excluding carboxylic acids is 1. The zero-order chi connectivity index (χ0) is 18.7. The first-order valence-electron chi connectivity index (χ1n) is 9.03. The number of hydrogen-bond donors (Lipinski definition) is 0. The summed E-state index contributed by atoms with van der Waals surface area (Å²) in [7, 11) is 0. The van der Waals surface area contributed by atoms with Crippen LogP contribution >= 0.6 is 0 Å². The molecule has 0 amide bonds. The molecule has 0 aromatic heterocycles. The predicted octanol–water partition coefficient (Wildman–Crippen LogP) is 4.16. The second kappa shape index (κ2) is 4.14. The van der Waals surface area contributed by atoms with Crippen LogP contribution in [0.2, 0.25) is 0 Å². The highest BCUT2D eigenvalue weighted by molar-refractivity contribution is 6.22. The Bertz CT molecular complexity index is 709. The fourth-order valence-corrected chi connectivity index (χ4v) is 1.86. The van der Waals surface area contributed by atoms with E-state index in [1.54, 1.807) is 12.1 Å². The summed E-state index contributed by atoms with van der Waals surface area (Å²) in [5, 5.41) is 0. The SMILES string of the molecule is [2H]C([2H])([2H])C1=C(c2ccc(C)cc2)C(=O)C([2H])([2H])C(C)(C)C1([2H])[2H]. The van der Waals surface area contributed by atoms with Crippen molar-refractivity contribution < 1.29 is 14.4 Å². The van der Waals surface area contributed by atoms with E-state index in [1.807, 2.05) is 6.92 Å². The van der Waals surface area contributed by atoms with Crippen LogP contribution in [0.5, 0.6) is 0 Å². The first-order valence-corrected chi connectivity index (χ1v) is 5.53. The number of ketones is 1. The third kappa shape index (κ3) is 2.49. The number of benzene rings is 1. The van der Waals surface area contributed by atoms with Crippen LogP contribution in [0.3, 0.4) is 0 Å². The summed E-state index contributed by atoms with van der Waals surface area (Å²) in [6, 6.07) is 6.41. The molecule has 2 rings (SSSR count). The number of allylic oxidation sites excluding steroid dienone is 2. The third-order valence-corrected chi connectivity index (χ3v) is 2.68. The standard InChI is InChI=1S/C16H20O/c1-11-5-7-13(8-6-11)15-12(2)9-16(3,4)10-14(15)17/h5-8H,9-10H2,1-4H3/i2D3,9D2,10D2. The van der Waals surface area contributed by atoms with Crippen molar-refractivity contribution in [3.8, 4) is 0 Å². The number of rotatable bonds is 1. The number of aryl methyl sites for hydroxylation is 1. The van der Waals surface area contributed by atoms with E-state index in [1.165, 1.54) is 26.0 Å². The minimum absolute atomic E-state index is 0.222. The van der Waals surface area contributed by atoms with E-state index in [9.17, 15) is 4.79 Å². The Labute approximate surface area is 113 Å². The maximum Gasteiger partial charge on any atom is 0.163 e. The summed E-state index contributed by atoms with van der Waals surface area (Å²) in [5.74, 6) is -0.988. The van der Waals surface area contributed by atoms with Gasteiger partial charge in [0.25, 0.3) is 0 Å². The average molecular weight is 235 g/mol. The average Bonchev–Trinajstić information content (AvgIpc) is 2.41. The molecule has 1 heteroatoms. The zero-order valence-electron chi connectivity index (χ0n) is 17.2. The quantitative estimate of drug-likeness (QED) is 0.714. The first kappa shape index (κ1) is 5.99. The smallest absolute Gasteiger partial charge is 0.163 e. The molecule has 0 fully saturated rings. The molecule has 17 heavy (non-hydrogen) atoms. The molecule has 1 aromatic rings. The van der Waals surface area contributed by atoms with E-state index in [2.05, 4.69) is 0 Å². The topological polar surface area (TPSA) is 17.1 Å². The van der Waals surface area contributed by atoms with Crippen LogP contribution in [0.25, 0.3) is 5.57 Å². The Morgan fingerprint density at radius 3 is 2.47 bits per heavy atom. The molecule has 1 aliphatic rings. The number of hydrogen-bond acceptors (Lipinski definition) is 1. The Kier molecular flexibility index (Phi) is 1.46. The molecule has 0 heterocycles. The molecular weight excluding hydrogens is 208 g/mol. The molecule has 0 atom stereocenters. The van der Waals surface area contributed by atoms with Crippen molar-refractivity contribution in [1.29, 1.82) is 0 Å². The van der Waals surface area contributed by atoms with Crippen LogP contribution in [0.15, 0.2) is 29.8 Å². The van der Waals surface area contributed by atoms with E-state index in [0.717, 1.165) is 5.56 Å². The second-order valence-corrected chi connectivity index (χ2v) is 4.82. The van der Waals surface area contributed by atoms with Gasteiger partial charge in [-0.15, -0.1) is 0 Å². The number of carbonyl (C=O) groups is 1. The third-order valence-electron chi connectivity index (χ3n) is 2.68. The minimum atomic E-state index is -2.85. The van der Waals surface area contributed by atoms with Crippen molar-refractivity contribution in [3.63, 3.8) is 0 Å². The molecular formula is C16H20O. The summed E-state index contributed by atoms with van der Waals surface area (Å²) in [6.45, 7) is 1.48. The Hall–Kier alpha value is -1.37. The van der Waals surface area contributed by atoms with Crippen molar-refractivity contribution in [3.05, 3.63) is 41.0 Å². The lowest BCUT2D eigenvalue weighted by molar-refractivity contribution is -0.116. The van der Waals surface area contributed by atoms with E-state index in [-0.39, 0.29) is 11.1 Å². The highest BCUT2D eigenvalue weighted by atomic mass is 16.1. The molecule has 0 saturated heterocycles. The molecule has 0 aliphatic heterocycles. The van der Waals surface area contributed by atoms with Gasteiger partial charge in [-0.3, -0.25) is 4.79 Å². The summed E-state index contributed by atoms with van der Waals surface area (Å²) < 4.78 is 56.3. The lowest BCUT2D eigenvalue weighted by Gasteiger charge is -2.31. The maximum absolute atomic E-state index is 12.8. The van der Waals surface area contributed by atoms with Gasteiger partial charge in [-0.1, -0.05) is 49.2 Å². The molecule has 0 N–H and O–H groups in total.